The van der Waals surface area contributed by atoms with Gasteiger partial charge in [0.2, 0.25) is 11.8 Å². The molecule has 166 valence electrons. The minimum Gasteiger partial charge on any atom is -0.353 e. The van der Waals surface area contributed by atoms with E-state index in [2.05, 4.69) is 29.0 Å². The van der Waals surface area contributed by atoms with Crippen LogP contribution in [0.15, 0.2) is 30.3 Å². The van der Waals surface area contributed by atoms with Gasteiger partial charge in [0, 0.05) is 55.8 Å². The summed E-state index contributed by atoms with van der Waals surface area (Å²) in [4.78, 5) is 37.9. The lowest BCUT2D eigenvalue weighted by molar-refractivity contribution is -0.132. The van der Waals surface area contributed by atoms with Crippen LogP contribution in [0.1, 0.15) is 56.2 Å². The van der Waals surface area contributed by atoms with Gasteiger partial charge in [-0.15, -0.1) is 0 Å². The Bertz CT molecular complexity index is 924. The van der Waals surface area contributed by atoms with Crippen molar-refractivity contribution in [1.29, 1.82) is 0 Å². The second-order valence-corrected chi connectivity index (χ2v) is 8.69. The number of benzene rings is 1. The number of piperazine rings is 1. The summed E-state index contributed by atoms with van der Waals surface area (Å²) in [7, 11) is 0. The van der Waals surface area contributed by atoms with Crippen LogP contribution in [0.5, 0.6) is 0 Å². The number of aromatic nitrogens is 2. The number of halogens is 1. The van der Waals surface area contributed by atoms with E-state index in [1.807, 2.05) is 30.0 Å². The van der Waals surface area contributed by atoms with Crippen LogP contribution >= 0.6 is 11.6 Å². The van der Waals surface area contributed by atoms with Crippen molar-refractivity contribution in [3.8, 4) is 0 Å². The second kappa shape index (κ2) is 10.1. The Balaban J connectivity index is 1.63. The zero-order valence-corrected chi connectivity index (χ0v) is 19.3. The molecule has 1 atom stereocenters. The maximum atomic E-state index is 13.0. The summed E-state index contributed by atoms with van der Waals surface area (Å²) in [6.45, 7) is 10.3. The SMILES string of the molecule is CC(=O)N[C@H](CC(=O)N1CCN(c2cc(C)nc(C(C)C)n2)CC1)c1ccc(Cl)cc1. The second-order valence-electron chi connectivity index (χ2n) is 8.26. The molecule has 1 aromatic heterocycles. The predicted octanol–water partition coefficient (Wildman–Crippen LogP) is 3.48. The molecule has 0 spiro atoms. The molecule has 1 aliphatic rings. The minimum atomic E-state index is -0.376. The van der Waals surface area contributed by atoms with Gasteiger partial charge in [-0.05, 0) is 24.6 Å². The highest BCUT2D eigenvalue weighted by molar-refractivity contribution is 6.30. The van der Waals surface area contributed by atoms with Crippen molar-refractivity contribution in [3.63, 3.8) is 0 Å². The fourth-order valence-electron chi connectivity index (χ4n) is 3.68. The molecule has 1 aliphatic heterocycles. The Morgan fingerprint density at radius 3 is 2.32 bits per heavy atom. The molecule has 1 fully saturated rings. The van der Waals surface area contributed by atoms with Crippen LogP contribution in [0.25, 0.3) is 0 Å². The third kappa shape index (κ3) is 6.17. The van der Waals surface area contributed by atoms with Crippen LogP contribution in [0.4, 0.5) is 5.82 Å². The molecular formula is C23H30ClN5O2. The maximum absolute atomic E-state index is 13.0. The van der Waals surface area contributed by atoms with E-state index in [1.165, 1.54) is 6.92 Å². The molecule has 7 nitrogen and oxygen atoms in total. The van der Waals surface area contributed by atoms with Crippen LogP contribution < -0.4 is 10.2 Å². The van der Waals surface area contributed by atoms with Crippen molar-refractivity contribution in [3.05, 3.63) is 52.4 Å². The molecule has 8 heteroatoms. The van der Waals surface area contributed by atoms with Crippen molar-refractivity contribution in [2.75, 3.05) is 31.1 Å². The number of hydrogen-bond donors (Lipinski definition) is 1. The molecule has 3 rings (SSSR count). The van der Waals surface area contributed by atoms with E-state index in [-0.39, 0.29) is 30.2 Å². The largest absolute Gasteiger partial charge is 0.353 e. The highest BCUT2D eigenvalue weighted by Gasteiger charge is 2.26. The van der Waals surface area contributed by atoms with Gasteiger partial charge in [-0.3, -0.25) is 9.59 Å². The van der Waals surface area contributed by atoms with Crippen molar-refractivity contribution >= 4 is 29.2 Å². The molecule has 2 amide bonds. The number of anilines is 1. The third-order valence-electron chi connectivity index (χ3n) is 5.36. The fourth-order valence-corrected chi connectivity index (χ4v) is 3.80. The van der Waals surface area contributed by atoms with Crippen molar-refractivity contribution in [2.45, 2.75) is 46.1 Å². The van der Waals surface area contributed by atoms with Gasteiger partial charge < -0.3 is 15.1 Å². The smallest absolute Gasteiger partial charge is 0.225 e. The number of carbonyl (C=O) groups is 2. The van der Waals surface area contributed by atoms with Crippen molar-refractivity contribution in [2.24, 2.45) is 0 Å². The minimum absolute atomic E-state index is 0.0232. The zero-order valence-electron chi connectivity index (χ0n) is 18.6. The van der Waals surface area contributed by atoms with E-state index in [9.17, 15) is 9.59 Å². The Hall–Kier alpha value is -2.67. The van der Waals surface area contributed by atoms with Gasteiger partial charge in [-0.1, -0.05) is 37.6 Å². The Morgan fingerprint density at radius 2 is 1.74 bits per heavy atom. The summed E-state index contributed by atoms with van der Waals surface area (Å²) in [6.07, 6.45) is 0.214. The summed E-state index contributed by atoms with van der Waals surface area (Å²) in [5, 5.41) is 3.51. The van der Waals surface area contributed by atoms with Crippen LogP contribution in [-0.4, -0.2) is 52.9 Å². The number of hydrogen-bond acceptors (Lipinski definition) is 5. The number of nitrogens with one attached hydrogen (secondary N) is 1. The lowest BCUT2D eigenvalue weighted by atomic mass is 10.0. The van der Waals surface area contributed by atoms with Gasteiger partial charge in [0.05, 0.1) is 12.5 Å². The predicted molar refractivity (Wildman–Crippen MR) is 122 cm³/mol. The molecule has 1 aromatic carbocycles. The van der Waals surface area contributed by atoms with Gasteiger partial charge in [0.25, 0.3) is 0 Å². The molecule has 1 N–H and O–H groups in total. The summed E-state index contributed by atoms with van der Waals surface area (Å²) in [6, 6.07) is 8.85. The Morgan fingerprint density at radius 1 is 1.10 bits per heavy atom. The molecule has 0 saturated carbocycles. The molecule has 31 heavy (non-hydrogen) atoms. The standard InChI is InChI=1S/C23H30ClN5O2/c1-15(2)23-25-16(3)13-21(27-23)28-9-11-29(12-10-28)22(31)14-20(26-17(4)30)18-5-7-19(24)8-6-18/h5-8,13,15,20H,9-12,14H2,1-4H3,(H,26,30)/t20-/m1/s1. The van der Waals surface area contributed by atoms with E-state index < -0.39 is 0 Å². The third-order valence-corrected chi connectivity index (χ3v) is 5.61. The van der Waals surface area contributed by atoms with Gasteiger partial charge in [-0.25, -0.2) is 9.97 Å². The molecule has 1 saturated heterocycles. The number of rotatable bonds is 6. The van der Waals surface area contributed by atoms with Gasteiger partial charge in [0.15, 0.2) is 0 Å². The van der Waals surface area contributed by atoms with Crippen molar-refractivity contribution in [1.82, 2.24) is 20.2 Å². The zero-order chi connectivity index (χ0) is 22.5. The van der Waals surface area contributed by atoms with E-state index in [0.29, 0.717) is 31.2 Å². The van der Waals surface area contributed by atoms with Crippen LogP contribution in [0.3, 0.4) is 0 Å². The Labute approximate surface area is 188 Å². The van der Waals surface area contributed by atoms with Crippen LogP contribution in [0.2, 0.25) is 5.02 Å². The van der Waals surface area contributed by atoms with Gasteiger partial charge in [0.1, 0.15) is 11.6 Å². The first-order chi connectivity index (χ1) is 14.7. The lowest BCUT2D eigenvalue weighted by Gasteiger charge is -2.36. The first kappa shape index (κ1) is 23.0. The normalized spacial score (nSPS) is 15.2. The number of aryl methyl sites for hydroxylation is 1. The monoisotopic (exact) mass is 443 g/mol. The van der Waals surface area contributed by atoms with Crippen molar-refractivity contribution < 1.29 is 9.59 Å². The van der Waals surface area contributed by atoms with E-state index in [1.54, 1.807) is 12.1 Å². The maximum Gasteiger partial charge on any atom is 0.225 e. The first-order valence-corrected chi connectivity index (χ1v) is 11.0. The Kier molecular flexibility index (Phi) is 7.49. The molecular weight excluding hydrogens is 414 g/mol. The van der Waals surface area contributed by atoms with E-state index in [4.69, 9.17) is 16.6 Å². The topological polar surface area (TPSA) is 78.4 Å². The molecule has 0 aliphatic carbocycles. The molecule has 0 bridgehead atoms. The average molecular weight is 444 g/mol. The average Bonchev–Trinajstić information content (AvgIpc) is 2.73. The van der Waals surface area contributed by atoms with Crippen LogP contribution in [0, 0.1) is 6.92 Å². The number of amides is 2. The highest BCUT2D eigenvalue weighted by Crippen LogP contribution is 2.22. The number of carbonyl (C=O) groups excluding carboxylic acids is 2. The lowest BCUT2D eigenvalue weighted by Crippen LogP contribution is -2.49. The quantitative estimate of drug-likeness (QED) is 0.739. The summed E-state index contributed by atoms with van der Waals surface area (Å²) >= 11 is 5.97. The first-order valence-electron chi connectivity index (χ1n) is 10.6. The van der Waals surface area contributed by atoms with Gasteiger partial charge >= 0.3 is 0 Å². The number of nitrogens with zero attached hydrogens (tertiary/aromatic N) is 4. The van der Waals surface area contributed by atoms with E-state index >= 15 is 0 Å². The molecule has 0 radical (unpaired) electrons. The molecule has 2 aromatic rings. The summed E-state index contributed by atoms with van der Waals surface area (Å²) < 4.78 is 0. The van der Waals surface area contributed by atoms with Gasteiger partial charge in [-0.2, -0.15) is 0 Å². The van der Waals surface area contributed by atoms with Crippen LogP contribution in [-0.2, 0) is 9.59 Å². The summed E-state index contributed by atoms with van der Waals surface area (Å²) in [5.41, 5.74) is 1.82. The molecule has 0 unspecified atom stereocenters. The fraction of sp³-hybridized carbons (Fsp3) is 0.478. The summed E-state index contributed by atoms with van der Waals surface area (Å²) in [5.74, 6) is 1.88. The highest BCUT2D eigenvalue weighted by atomic mass is 35.5. The van der Waals surface area contributed by atoms with E-state index in [0.717, 1.165) is 22.9 Å². The molecule has 2 heterocycles.